The molecule has 0 radical (unpaired) electrons. The van der Waals surface area contributed by atoms with Gasteiger partial charge in [-0.3, -0.25) is 0 Å². The van der Waals surface area contributed by atoms with E-state index in [1.165, 1.54) is 13.3 Å². The molecular weight excluding hydrogens is 301 g/mol. The molecule has 0 amide bonds. The van der Waals surface area contributed by atoms with Crippen LogP contribution in [0.4, 0.5) is 0 Å². The number of hydrogen-bond acceptors (Lipinski definition) is 5. The molecule has 0 saturated carbocycles. The monoisotopic (exact) mass is 309 g/mol. The van der Waals surface area contributed by atoms with Gasteiger partial charge in [0.2, 0.25) is 0 Å². The van der Waals surface area contributed by atoms with Crippen LogP contribution in [0.3, 0.4) is 0 Å². The summed E-state index contributed by atoms with van der Waals surface area (Å²) in [6.45, 7) is 0. The first-order valence-corrected chi connectivity index (χ1v) is 6.68. The summed E-state index contributed by atoms with van der Waals surface area (Å²) in [5.41, 5.74) is 1.52. The summed E-state index contributed by atoms with van der Waals surface area (Å²) in [4.78, 5) is 27.9. The van der Waals surface area contributed by atoms with Gasteiger partial charge in [-0.25, -0.2) is 0 Å². The van der Waals surface area contributed by atoms with E-state index in [0.29, 0.717) is 16.4 Å². The zero-order valence-electron chi connectivity index (χ0n) is 9.26. The number of ether oxygens (including phenoxy) is 1. The van der Waals surface area contributed by atoms with Crippen molar-refractivity contribution in [1.82, 2.24) is 12.9 Å². The van der Waals surface area contributed by atoms with Crippen molar-refractivity contribution < 1.29 is 9.53 Å². The molecule has 6 nitrogen and oxygen atoms in total. The van der Waals surface area contributed by atoms with E-state index in [4.69, 9.17) is 0 Å². The average molecular weight is 308 g/mol. The molecule has 18 heavy (non-hydrogen) atoms. The fourth-order valence-electron chi connectivity index (χ4n) is 1.80. The molecule has 0 atom stereocenters. The van der Waals surface area contributed by atoms with Crippen molar-refractivity contribution in [1.29, 1.82) is 0 Å². The van der Waals surface area contributed by atoms with Crippen molar-refractivity contribution in [3.63, 3.8) is 0 Å². The summed E-state index contributed by atoms with van der Waals surface area (Å²) in [5.74, 6) is -0.674. The molecule has 0 aliphatic carbocycles. The van der Waals surface area contributed by atoms with Gasteiger partial charge in [0, 0.05) is 0 Å². The number of methoxy groups -OCH3 is 1. The van der Waals surface area contributed by atoms with Gasteiger partial charge in [0.05, 0.1) is 0 Å². The number of pyridine rings is 1. The van der Waals surface area contributed by atoms with Crippen molar-refractivity contribution in [3.8, 4) is 0 Å². The van der Waals surface area contributed by atoms with Crippen LogP contribution < -0.4 is 5.43 Å². The molecule has 0 unspecified atom stereocenters. The predicted molar refractivity (Wildman–Crippen MR) is 65.9 cm³/mol. The van der Waals surface area contributed by atoms with Crippen LogP contribution >= 0.6 is 0 Å². The van der Waals surface area contributed by atoms with Crippen molar-refractivity contribution >= 4 is 42.9 Å². The Bertz CT molecular complexity index is 821. The molecule has 0 fully saturated rings. The summed E-state index contributed by atoms with van der Waals surface area (Å²) in [5, 5.41) is 0.401. The van der Waals surface area contributed by atoms with E-state index in [2.05, 4.69) is 17.7 Å². The Morgan fingerprint density at radius 3 is 2.94 bits per heavy atom. The number of benzene rings is 1. The Kier molecular flexibility index (Phi) is 2.50. The van der Waals surface area contributed by atoms with Gasteiger partial charge >= 0.3 is 107 Å². The SMILES string of the molecule is COC(=O)c1cnc2ccc3n[se][nH]c3c2c1=O. The van der Waals surface area contributed by atoms with Gasteiger partial charge in [0.25, 0.3) is 0 Å². The van der Waals surface area contributed by atoms with Crippen LogP contribution in [0, 0.1) is 0 Å². The zero-order valence-corrected chi connectivity index (χ0v) is 11.0. The van der Waals surface area contributed by atoms with E-state index in [9.17, 15) is 9.59 Å². The Hall–Kier alpha value is -1.98. The van der Waals surface area contributed by atoms with E-state index in [0.717, 1.165) is 5.52 Å². The Morgan fingerprint density at radius 1 is 1.39 bits per heavy atom. The summed E-state index contributed by atoms with van der Waals surface area (Å²) in [7, 11) is 1.23. The Morgan fingerprint density at radius 2 is 2.17 bits per heavy atom. The zero-order chi connectivity index (χ0) is 12.7. The molecule has 0 spiro atoms. The predicted octanol–water partition coefficient (Wildman–Crippen LogP) is 0.315. The second-order valence-electron chi connectivity index (χ2n) is 3.63. The number of hydrogen-bond donors (Lipinski definition) is 1. The number of carbonyl (C=O) groups is 1. The molecule has 1 N–H and O–H groups in total. The maximum atomic E-state index is 12.3. The molecule has 0 aliphatic heterocycles. The Labute approximate surface area is 107 Å². The van der Waals surface area contributed by atoms with Crippen molar-refractivity contribution in [2.24, 2.45) is 0 Å². The van der Waals surface area contributed by atoms with Gasteiger partial charge < -0.3 is 0 Å². The molecular formula is C11H7N3O3Se. The van der Waals surface area contributed by atoms with Crippen molar-refractivity contribution in [2.45, 2.75) is 0 Å². The topological polar surface area (TPSA) is 84.9 Å². The number of rotatable bonds is 1. The molecule has 90 valence electrons. The van der Waals surface area contributed by atoms with Crippen molar-refractivity contribution in [2.75, 3.05) is 7.11 Å². The van der Waals surface area contributed by atoms with E-state index in [1.54, 1.807) is 6.07 Å². The number of esters is 1. The number of nitrogens with zero attached hydrogens (tertiary/aromatic N) is 2. The average Bonchev–Trinajstić information content (AvgIpc) is 2.86. The van der Waals surface area contributed by atoms with Gasteiger partial charge in [-0.2, -0.15) is 0 Å². The van der Waals surface area contributed by atoms with Crippen LogP contribution in [0.25, 0.3) is 21.9 Å². The van der Waals surface area contributed by atoms with Gasteiger partial charge in [0.1, 0.15) is 0 Å². The number of H-pyrrole nitrogens is 1. The summed E-state index contributed by atoms with van der Waals surface area (Å²) in [6.07, 6.45) is 1.25. The minimum absolute atomic E-state index is 0.0559. The quantitative estimate of drug-likeness (QED) is 0.517. The molecule has 7 heteroatoms. The van der Waals surface area contributed by atoms with Crippen LogP contribution in [0.15, 0.2) is 23.1 Å². The van der Waals surface area contributed by atoms with Crippen LogP contribution in [-0.4, -0.2) is 41.0 Å². The summed E-state index contributed by atoms with van der Waals surface area (Å²) in [6, 6.07) is 3.53. The van der Waals surface area contributed by atoms with Gasteiger partial charge in [-0.15, -0.1) is 0 Å². The third-order valence-corrected chi connectivity index (χ3v) is 3.89. The van der Waals surface area contributed by atoms with Crippen LogP contribution in [0.1, 0.15) is 10.4 Å². The molecule has 0 bridgehead atoms. The fraction of sp³-hybridized carbons (Fsp3) is 0.0909. The number of carbonyl (C=O) groups excluding carboxylic acids is 1. The molecule has 0 aliphatic rings. The summed E-state index contributed by atoms with van der Waals surface area (Å²) >= 11 is -0.107. The molecule has 1 aromatic carbocycles. The molecule has 2 aromatic heterocycles. The normalized spacial score (nSPS) is 10.9. The minimum atomic E-state index is -0.674. The van der Waals surface area contributed by atoms with Gasteiger partial charge in [-0.05, 0) is 0 Å². The first-order chi connectivity index (χ1) is 8.72. The number of aromatic nitrogens is 3. The second kappa shape index (κ2) is 4.04. The first kappa shape index (κ1) is 11.1. The van der Waals surface area contributed by atoms with Gasteiger partial charge in [-0.1, -0.05) is 0 Å². The molecule has 0 saturated heterocycles. The first-order valence-electron chi connectivity index (χ1n) is 5.06. The number of fused-ring (bicyclic) bond motifs is 3. The van der Waals surface area contributed by atoms with E-state index in [1.807, 2.05) is 6.07 Å². The number of aromatic amines is 1. The number of nitrogens with one attached hydrogen (secondary N) is 1. The van der Waals surface area contributed by atoms with Crippen LogP contribution in [-0.2, 0) is 4.74 Å². The molecule has 3 rings (SSSR count). The van der Waals surface area contributed by atoms with Crippen LogP contribution in [0.5, 0.6) is 0 Å². The van der Waals surface area contributed by atoms with Crippen molar-refractivity contribution in [3.05, 3.63) is 34.1 Å². The van der Waals surface area contributed by atoms with Crippen LogP contribution in [0.2, 0.25) is 0 Å². The van der Waals surface area contributed by atoms with E-state index in [-0.39, 0.29) is 26.0 Å². The molecule has 3 aromatic rings. The third kappa shape index (κ3) is 1.48. The van der Waals surface area contributed by atoms with E-state index < -0.39 is 5.97 Å². The Balaban J connectivity index is 2.49. The van der Waals surface area contributed by atoms with E-state index >= 15 is 0 Å². The fourth-order valence-corrected chi connectivity index (χ4v) is 3.04. The second-order valence-corrected chi connectivity index (χ2v) is 4.83. The van der Waals surface area contributed by atoms with Gasteiger partial charge in [0.15, 0.2) is 0 Å². The summed E-state index contributed by atoms with van der Waals surface area (Å²) < 4.78 is 11.9. The third-order valence-electron chi connectivity index (χ3n) is 2.66. The standard InChI is InChI=1S/C11H7N3O3Se/c1-17-11(16)5-4-12-6-2-3-7-9(14-18-13-7)8(6)10(5)15/h2-4,14H,1H3. The molecule has 2 heterocycles. The maximum absolute atomic E-state index is 12.3.